The van der Waals surface area contributed by atoms with E-state index in [4.69, 9.17) is 0 Å². The van der Waals surface area contributed by atoms with Gasteiger partial charge in [-0.1, -0.05) is 30.3 Å². The number of phenolic OH excluding ortho intramolecular Hbond substituents is 1. The maximum Gasteiger partial charge on any atom is 0.279 e. The van der Waals surface area contributed by atoms with Gasteiger partial charge in [-0.15, -0.1) is 0 Å². The van der Waals surface area contributed by atoms with E-state index >= 15 is 0 Å². The molecule has 0 radical (unpaired) electrons. The molecule has 5 aromatic rings. The summed E-state index contributed by atoms with van der Waals surface area (Å²) in [5, 5.41) is 26.7. The number of hydrogen-bond donors (Lipinski definition) is 2. The number of benzene rings is 4. The van der Waals surface area contributed by atoms with Crippen LogP contribution in [0.5, 0.6) is 5.75 Å². The fraction of sp³-hybridized carbons (Fsp3) is 0. The van der Waals surface area contributed by atoms with Crippen LogP contribution in [0, 0.1) is 10.1 Å². The van der Waals surface area contributed by atoms with Crippen molar-refractivity contribution in [1.82, 2.24) is 4.98 Å². The van der Waals surface area contributed by atoms with E-state index in [1.165, 1.54) is 6.07 Å². The largest absolute Gasteiger partial charge is 0.508 e. The van der Waals surface area contributed by atoms with E-state index in [0.29, 0.717) is 5.39 Å². The van der Waals surface area contributed by atoms with E-state index in [9.17, 15) is 15.2 Å². The number of non-ortho nitro benzene ring substituents is 1. The van der Waals surface area contributed by atoms with Crippen molar-refractivity contribution in [3.05, 3.63) is 70.8 Å². The normalized spacial score (nSPS) is 11.7. The SMILES string of the molecule is O=[N+]([O-])c1cc2[nH]c3ccc4ccccc4c3c2c2ccc(O)cc12. The second-order valence-electron chi connectivity index (χ2n) is 6.14. The Labute approximate surface area is 141 Å². The molecule has 0 aliphatic rings. The molecular formula is C20H12N2O3. The van der Waals surface area contributed by atoms with Crippen molar-refractivity contribution < 1.29 is 10.0 Å². The fourth-order valence-electron chi connectivity index (χ4n) is 3.70. The third-order valence-corrected chi connectivity index (χ3v) is 4.74. The number of nitrogens with one attached hydrogen (secondary N) is 1. The number of nitro benzene ring substituents is 1. The summed E-state index contributed by atoms with van der Waals surface area (Å²) in [6, 6.07) is 18.4. The number of aromatic hydroxyl groups is 1. The lowest BCUT2D eigenvalue weighted by Gasteiger charge is -2.05. The first kappa shape index (κ1) is 13.8. The lowest BCUT2D eigenvalue weighted by Crippen LogP contribution is -1.90. The maximum absolute atomic E-state index is 11.5. The summed E-state index contributed by atoms with van der Waals surface area (Å²) in [5.74, 6) is 0.0136. The topological polar surface area (TPSA) is 79.2 Å². The van der Waals surface area contributed by atoms with E-state index in [1.807, 2.05) is 30.3 Å². The van der Waals surface area contributed by atoms with Gasteiger partial charge in [0.2, 0.25) is 0 Å². The molecule has 0 spiro atoms. The van der Waals surface area contributed by atoms with Crippen LogP contribution in [-0.2, 0) is 0 Å². The predicted molar refractivity (Wildman–Crippen MR) is 99.1 cm³/mol. The van der Waals surface area contributed by atoms with Crippen LogP contribution in [0.15, 0.2) is 60.7 Å². The molecule has 0 aliphatic carbocycles. The quantitative estimate of drug-likeness (QED) is 0.326. The van der Waals surface area contributed by atoms with E-state index in [2.05, 4.69) is 11.1 Å². The monoisotopic (exact) mass is 328 g/mol. The van der Waals surface area contributed by atoms with Gasteiger partial charge in [0, 0.05) is 22.4 Å². The molecule has 0 unspecified atom stereocenters. The van der Waals surface area contributed by atoms with Gasteiger partial charge in [0.15, 0.2) is 0 Å². The number of phenols is 1. The zero-order valence-electron chi connectivity index (χ0n) is 13.0. The number of fused-ring (bicyclic) bond motifs is 7. The average molecular weight is 328 g/mol. The highest BCUT2D eigenvalue weighted by Crippen LogP contribution is 2.40. The van der Waals surface area contributed by atoms with Gasteiger partial charge in [0.05, 0.1) is 15.8 Å². The first-order valence-electron chi connectivity index (χ1n) is 7.87. The average Bonchev–Trinajstić information content (AvgIpc) is 2.99. The molecule has 5 heteroatoms. The van der Waals surface area contributed by atoms with Gasteiger partial charge in [0.1, 0.15) is 5.75 Å². The Bertz CT molecular complexity index is 1340. The van der Waals surface area contributed by atoms with Gasteiger partial charge < -0.3 is 10.1 Å². The van der Waals surface area contributed by atoms with Gasteiger partial charge in [-0.05, 0) is 40.4 Å². The van der Waals surface area contributed by atoms with Crippen LogP contribution in [0.1, 0.15) is 0 Å². The summed E-state index contributed by atoms with van der Waals surface area (Å²) in [4.78, 5) is 14.4. The van der Waals surface area contributed by atoms with Crippen LogP contribution < -0.4 is 0 Å². The Balaban J connectivity index is 2.12. The molecule has 0 saturated heterocycles. The standard InChI is InChI=1S/C20H12N2O3/c23-12-6-7-14-15(9-12)18(22(24)25)10-17-20(14)19-13-4-2-1-3-11(13)5-8-16(19)21-17/h1-10,21,23H. The zero-order valence-corrected chi connectivity index (χ0v) is 13.0. The van der Waals surface area contributed by atoms with E-state index in [0.717, 1.165) is 38.0 Å². The van der Waals surface area contributed by atoms with Gasteiger partial charge >= 0.3 is 0 Å². The van der Waals surface area contributed by atoms with Crippen molar-refractivity contribution in [2.45, 2.75) is 0 Å². The second-order valence-corrected chi connectivity index (χ2v) is 6.14. The summed E-state index contributed by atoms with van der Waals surface area (Å²) in [5.41, 5.74) is 1.63. The van der Waals surface area contributed by atoms with Gasteiger partial charge in [-0.3, -0.25) is 10.1 Å². The Morgan fingerprint density at radius 1 is 0.840 bits per heavy atom. The zero-order chi connectivity index (χ0) is 17.1. The molecule has 25 heavy (non-hydrogen) atoms. The molecule has 0 aliphatic heterocycles. The minimum atomic E-state index is -0.412. The first-order valence-corrected chi connectivity index (χ1v) is 7.87. The second kappa shape index (κ2) is 4.70. The number of rotatable bonds is 1. The molecule has 1 heterocycles. The molecule has 0 bridgehead atoms. The number of aromatic amines is 1. The van der Waals surface area contributed by atoms with Crippen LogP contribution in [-0.4, -0.2) is 15.0 Å². The molecule has 0 saturated carbocycles. The van der Waals surface area contributed by atoms with Gasteiger partial charge in [-0.25, -0.2) is 0 Å². The fourth-order valence-corrected chi connectivity index (χ4v) is 3.70. The van der Waals surface area contributed by atoms with Crippen molar-refractivity contribution in [1.29, 1.82) is 0 Å². The highest BCUT2D eigenvalue weighted by atomic mass is 16.6. The highest BCUT2D eigenvalue weighted by molar-refractivity contribution is 6.28. The number of nitrogens with zero attached hydrogens (tertiary/aromatic N) is 1. The van der Waals surface area contributed by atoms with Crippen molar-refractivity contribution in [2.24, 2.45) is 0 Å². The van der Waals surface area contributed by atoms with E-state index in [-0.39, 0.29) is 11.4 Å². The van der Waals surface area contributed by atoms with Crippen LogP contribution in [0.4, 0.5) is 5.69 Å². The van der Waals surface area contributed by atoms with E-state index < -0.39 is 4.92 Å². The lowest BCUT2D eigenvalue weighted by molar-refractivity contribution is -0.382. The molecule has 5 nitrogen and oxygen atoms in total. The molecule has 4 aromatic carbocycles. The maximum atomic E-state index is 11.5. The molecule has 1 aromatic heterocycles. The van der Waals surface area contributed by atoms with Crippen LogP contribution in [0.2, 0.25) is 0 Å². The van der Waals surface area contributed by atoms with Crippen molar-refractivity contribution >= 4 is 49.0 Å². The van der Waals surface area contributed by atoms with Crippen molar-refractivity contribution in [2.75, 3.05) is 0 Å². The minimum Gasteiger partial charge on any atom is -0.508 e. The molecule has 0 atom stereocenters. The number of hydrogen-bond acceptors (Lipinski definition) is 3. The summed E-state index contributed by atoms with van der Waals surface area (Å²) >= 11 is 0. The van der Waals surface area contributed by atoms with Crippen molar-refractivity contribution in [3.8, 4) is 5.75 Å². The molecule has 2 N–H and O–H groups in total. The minimum absolute atomic E-state index is 0.0136. The summed E-state index contributed by atoms with van der Waals surface area (Å²) in [6.45, 7) is 0. The molecule has 5 rings (SSSR count). The third kappa shape index (κ3) is 1.83. The molecule has 0 fully saturated rings. The number of nitro groups is 1. The summed E-state index contributed by atoms with van der Waals surface area (Å²) in [6.07, 6.45) is 0. The van der Waals surface area contributed by atoms with Crippen LogP contribution in [0.25, 0.3) is 43.4 Å². The third-order valence-electron chi connectivity index (χ3n) is 4.74. The Morgan fingerprint density at radius 3 is 2.48 bits per heavy atom. The van der Waals surface area contributed by atoms with Gasteiger partial charge in [0.25, 0.3) is 5.69 Å². The lowest BCUT2D eigenvalue weighted by atomic mass is 9.98. The van der Waals surface area contributed by atoms with E-state index in [1.54, 1.807) is 18.2 Å². The Hall–Kier alpha value is -3.60. The molecular weight excluding hydrogens is 316 g/mol. The number of aromatic nitrogens is 1. The van der Waals surface area contributed by atoms with Crippen molar-refractivity contribution in [3.63, 3.8) is 0 Å². The Kier molecular flexibility index (Phi) is 2.60. The van der Waals surface area contributed by atoms with Gasteiger partial charge in [-0.2, -0.15) is 0 Å². The highest BCUT2D eigenvalue weighted by Gasteiger charge is 2.19. The smallest absolute Gasteiger partial charge is 0.279 e. The summed E-state index contributed by atoms with van der Waals surface area (Å²) < 4.78 is 0. The predicted octanol–water partition coefficient (Wildman–Crippen LogP) is 5.24. The molecule has 120 valence electrons. The molecule has 0 amide bonds. The van der Waals surface area contributed by atoms with Crippen LogP contribution in [0.3, 0.4) is 0 Å². The first-order chi connectivity index (χ1) is 12.1. The summed E-state index contributed by atoms with van der Waals surface area (Å²) in [7, 11) is 0. The number of H-pyrrole nitrogens is 1. The Morgan fingerprint density at radius 2 is 1.64 bits per heavy atom. The van der Waals surface area contributed by atoms with Crippen LogP contribution >= 0.6 is 0 Å².